The molecule has 1 rings (SSSR count). The molecule has 1 aromatic rings. The van der Waals surface area contributed by atoms with Crippen LogP contribution in [0.4, 0.5) is 0 Å². The second-order valence-electron chi connectivity index (χ2n) is 5.64. The number of likely N-dealkylation sites (N-methyl/N-ethyl adjacent to an activating group) is 1. The molecule has 0 aliphatic heterocycles. The van der Waals surface area contributed by atoms with Crippen LogP contribution < -0.4 is 11.1 Å². The maximum absolute atomic E-state index is 5.88. The molecule has 1 atom stereocenters. The van der Waals surface area contributed by atoms with Crippen LogP contribution >= 0.6 is 35.3 Å². The van der Waals surface area contributed by atoms with E-state index in [9.17, 15) is 0 Å². The summed E-state index contributed by atoms with van der Waals surface area (Å²) in [5.41, 5.74) is 7.12. The quantitative estimate of drug-likeness (QED) is 0.468. The average molecular weight is 396 g/mol. The van der Waals surface area contributed by atoms with Crippen molar-refractivity contribution in [2.45, 2.75) is 32.4 Å². The molecular formula is C13H25IN4S. The zero-order chi connectivity index (χ0) is 13.8. The number of aliphatic imine (C=N–C) groups is 1. The zero-order valence-corrected chi connectivity index (χ0v) is 15.5. The summed E-state index contributed by atoms with van der Waals surface area (Å²) in [5, 5.41) is 7.42. The highest BCUT2D eigenvalue weighted by atomic mass is 127. The molecule has 0 bridgehead atoms. The highest BCUT2D eigenvalue weighted by Gasteiger charge is 2.15. The Morgan fingerprint density at radius 1 is 1.47 bits per heavy atom. The van der Waals surface area contributed by atoms with Gasteiger partial charge < -0.3 is 16.0 Å². The monoisotopic (exact) mass is 396 g/mol. The van der Waals surface area contributed by atoms with Crippen molar-refractivity contribution in [3.05, 3.63) is 22.4 Å². The summed E-state index contributed by atoms with van der Waals surface area (Å²) in [6, 6.07) is 2.41. The summed E-state index contributed by atoms with van der Waals surface area (Å²) < 4.78 is 0. The van der Waals surface area contributed by atoms with E-state index in [1.54, 1.807) is 11.3 Å². The van der Waals surface area contributed by atoms with Gasteiger partial charge in [-0.25, -0.2) is 0 Å². The molecule has 0 amide bonds. The van der Waals surface area contributed by atoms with Crippen LogP contribution in [0.15, 0.2) is 21.8 Å². The van der Waals surface area contributed by atoms with E-state index < -0.39 is 0 Å². The molecule has 0 saturated heterocycles. The molecule has 6 heteroatoms. The lowest BCUT2D eigenvalue weighted by molar-refractivity contribution is 0.307. The van der Waals surface area contributed by atoms with Crippen molar-refractivity contribution in [2.75, 3.05) is 20.6 Å². The number of nitrogens with zero attached hydrogens (tertiary/aromatic N) is 2. The Morgan fingerprint density at radius 2 is 2.11 bits per heavy atom. The standard InChI is InChI=1S/C13H24N4S.HI/c1-13(2,3)16-12(14)15-8-11(17(4)5)10-6-7-18-9-10;/h6-7,9,11H,8H2,1-5H3,(H3,14,15,16);1H. The van der Waals surface area contributed by atoms with Crippen LogP contribution in [0.5, 0.6) is 0 Å². The Morgan fingerprint density at radius 3 is 2.53 bits per heavy atom. The van der Waals surface area contributed by atoms with Crippen LogP contribution in [-0.2, 0) is 0 Å². The molecule has 0 aliphatic carbocycles. The van der Waals surface area contributed by atoms with E-state index in [4.69, 9.17) is 5.73 Å². The molecule has 0 aromatic carbocycles. The molecule has 19 heavy (non-hydrogen) atoms. The highest BCUT2D eigenvalue weighted by Crippen LogP contribution is 2.20. The lowest BCUT2D eigenvalue weighted by atomic mass is 10.1. The third kappa shape index (κ3) is 7.12. The molecule has 0 aliphatic rings. The van der Waals surface area contributed by atoms with Crippen molar-refractivity contribution >= 4 is 41.3 Å². The first-order valence-electron chi connectivity index (χ1n) is 6.06. The lowest BCUT2D eigenvalue weighted by Gasteiger charge is -2.24. The van der Waals surface area contributed by atoms with Crippen LogP contribution in [0, 0.1) is 0 Å². The minimum absolute atomic E-state index is 0. The van der Waals surface area contributed by atoms with Crippen molar-refractivity contribution in [3.8, 4) is 0 Å². The fraction of sp³-hybridized carbons (Fsp3) is 0.615. The van der Waals surface area contributed by atoms with E-state index in [2.05, 4.69) is 66.9 Å². The summed E-state index contributed by atoms with van der Waals surface area (Å²) in [6.45, 7) is 6.87. The largest absolute Gasteiger partial charge is 0.370 e. The smallest absolute Gasteiger partial charge is 0.189 e. The summed E-state index contributed by atoms with van der Waals surface area (Å²) >= 11 is 1.71. The van der Waals surface area contributed by atoms with Gasteiger partial charge in [-0.2, -0.15) is 11.3 Å². The summed E-state index contributed by atoms with van der Waals surface area (Å²) in [6.07, 6.45) is 0. The molecule has 1 unspecified atom stereocenters. The van der Waals surface area contributed by atoms with Gasteiger partial charge in [-0.05, 0) is 57.3 Å². The van der Waals surface area contributed by atoms with Gasteiger partial charge in [0.05, 0.1) is 12.6 Å². The van der Waals surface area contributed by atoms with Crippen molar-refractivity contribution in [1.82, 2.24) is 10.2 Å². The second-order valence-corrected chi connectivity index (χ2v) is 6.42. The number of thiophene rings is 1. The average Bonchev–Trinajstić information content (AvgIpc) is 2.67. The van der Waals surface area contributed by atoms with Gasteiger partial charge in [0.2, 0.25) is 0 Å². The van der Waals surface area contributed by atoms with Crippen LogP contribution in [-0.4, -0.2) is 37.0 Å². The Balaban J connectivity index is 0.00000324. The van der Waals surface area contributed by atoms with Crippen molar-refractivity contribution in [2.24, 2.45) is 10.7 Å². The molecule has 0 fully saturated rings. The van der Waals surface area contributed by atoms with Gasteiger partial charge in [0.1, 0.15) is 0 Å². The molecule has 110 valence electrons. The number of rotatable bonds is 4. The van der Waals surface area contributed by atoms with Gasteiger partial charge in [-0.3, -0.25) is 4.99 Å². The number of nitrogens with one attached hydrogen (secondary N) is 1. The number of hydrogen-bond acceptors (Lipinski definition) is 3. The zero-order valence-electron chi connectivity index (χ0n) is 12.3. The Kier molecular flexibility index (Phi) is 7.92. The minimum atomic E-state index is -0.0520. The van der Waals surface area contributed by atoms with Gasteiger partial charge in [-0.1, -0.05) is 0 Å². The SMILES string of the molecule is CN(C)C(CN=C(N)NC(C)(C)C)c1ccsc1.I. The van der Waals surface area contributed by atoms with Gasteiger partial charge in [0.15, 0.2) is 5.96 Å². The van der Waals surface area contributed by atoms with Crippen LogP contribution in [0.25, 0.3) is 0 Å². The summed E-state index contributed by atoms with van der Waals surface area (Å²) in [7, 11) is 4.12. The van der Waals surface area contributed by atoms with Gasteiger partial charge >= 0.3 is 0 Å². The molecule has 4 nitrogen and oxygen atoms in total. The molecular weight excluding hydrogens is 371 g/mol. The van der Waals surface area contributed by atoms with E-state index in [0.29, 0.717) is 12.5 Å². The molecule has 0 radical (unpaired) electrons. The fourth-order valence-electron chi connectivity index (χ4n) is 1.64. The fourth-order valence-corrected chi connectivity index (χ4v) is 2.35. The number of halogens is 1. The Labute approximate surface area is 137 Å². The van der Waals surface area contributed by atoms with E-state index in [-0.39, 0.29) is 35.6 Å². The first kappa shape index (κ1) is 18.7. The van der Waals surface area contributed by atoms with Crippen molar-refractivity contribution in [1.29, 1.82) is 0 Å². The maximum Gasteiger partial charge on any atom is 0.189 e. The summed E-state index contributed by atoms with van der Waals surface area (Å²) in [5.74, 6) is 0.504. The van der Waals surface area contributed by atoms with Crippen molar-refractivity contribution in [3.63, 3.8) is 0 Å². The minimum Gasteiger partial charge on any atom is -0.370 e. The van der Waals surface area contributed by atoms with Gasteiger partial charge in [0.25, 0.3) is 0 Å². The van der Waals surface area contributed by atoms with Gasteiger partial charge in [-0.15, -0.1) is 24.0 Å². The first-order chi connectivity index (χ1) is 8.29. The van der Waals surface area contributed by atoms with Crippen molar-refractivity contribution < 1.29 is 0 Å². The number of nitrogens with two attached hydrogens (primary N) is 1. The molecule has 0 spiro atoms. The Hall–Kier alpha value is -0.340. The normalized spacial score (nSPS) is 14.1. The van der Waals surface area contributed by atoms with E-state index in [1.807, 2.05) is 0 Å². The molecule has 3 N–H and O–H groups in total. The highest BCUT2D eigenvalue weighted by molar-refractivity contribution is 14.0. The molecule has 1 aromatic heterocycles. The lowest BCUT2D eigenvalue weighted by Crippen LogP contribution is -2.45. The molecule has 0 saturated carbocycles. The Bertz CT molecular complexity index is 382. The topological polar surface area (TPSA) is 53.6 Å². The van der Waals surface area contributed by atoms with E-state index >= 15 is 0 Å². The maximum atomic E-state index is 5.88. The number of hydrogen-bond donors (Lipinski definition) is 2. The van der Waals surface area contributed by atoms with Gasteiger partial charge in [0, 0.05) is 5.54 Å². The summed E-state index contributed by atoms with van der Waals surface area (Å²) in [4.78, 5) is 6.60. The number of guanidine groups is 1. The third-order valence-corrected chi connectivity index (χ3v) is 3.19. The first-order valence-corrected chi connectivity index (χ1v) is 7.00. The molecule has 1 heterocycles. The van der Waals surface area contributed by atoms with Crippen LogP contribution in [0.1, 0.15) is 32.4 Å². The van der Waals surface area contributed by atoms with Crippen LogP contribution in [0.2, 0.25) is 0 Å². The predicted octanol–water partition coefficient (Wildman–Crippen LogP) is 2.67. The van der Waals surface area contributed by atoms with E-state index in [0.717, 1.165) is 0 Å². The van der Waals surface area contributed by atoms with E-state index in [1.165, 1.54) is 5.56 Å². The predicted molar refractivity (Wildman–Crippen MR) is 95.5 cm³/mol. The third-order valence-electron chi connectivity index (χ3n) is 2.49. The van der Waals surface area contributed by atoms with Crippen LogP contribution in [0.3, 0.4) is 0 Å². The second kappa shape index (κ2) is 8.06.